The summed E-state index contributed by atoms with van der Waals surface area (Å²) in [5.74, 6) is 0.132. The second-order valence-corrected chi connectivity index (χ2v) is 5.75. The molecule has 2 unspecified atom stereocenters. The fraction of sp³-hybridized carbons (Fsp3) is 0.545. The molecule has 0 spiro atoms. The van der Waals surface area contributed by atoms with Gasteiger partial charge in [0.15, 0.2) is 5.78 Å². The maximum absolute atomic E-state index is 11.9. The number of Topliss-reactive ketones (excluding diaryl/α,β-unsaturated/α-hetero) is 1. The topological polar surface area (TPSA) is 38.3 Å². The van der Waals surface area contributed by atoms with Gasteiger partial charge in [0.25, 0.3) is 0 Å². The van der Waals surface area contributed by atoms with Crippen LogP contribution in [0.5, 0.6) is 0 Å². The Morgan fingerprint density at radius 3 is 3.06 bits per heavy atom. The van der Waals surface area contributed by atoms with Gasteiger partial charge < -0.3 is 10.1 Å². The second-order valence-electron chi connectivity index (χ2n) is 4.03. The third-order valence-corrected chi connectivity index (χ3v) is 3.76. The summed E-state index contributed by atoms with van der Waals surface area (Å²) in [5, 5.41) is 3.35. The number of ether oxygens (including phenoxy) is 1. The fourth-order valence-electron chi connectivity index (χ4n) is 1.79. The predicted molar refractivity (Wildman–Crippen MR) is 65.5 cm³/mol. The van der Waals surface area contributed by atoms with Gasteiger partial charge in [-0.3, -0.25) is 4.79 Å². The summed E-state index contributed by atoms with van der Waals surface area (Å²) in [4.78, 5) is 12.6. The highest BCUT2D eigenvalue weighted by molar-refractivity contribution is 7.18. The molecule has 1 N–H and O–H groups in total. The van der Waals surface area contributed by atoms with Gasteiger partial charge >= 0.3 is 0 Å². The highest BCUT2D eigenvalue weighted by Crippen LogP contribution is 2.23. The molecule has 2 heterocycles. The minimum atomic E-state index is 0.122. The number of carbonyl (C=O) groups excluding carboxylic acids is 1. The zero-order chi connectivity index (χ0) is 11.5. The summed E-state index contributed by atoms with van der Waals surface area (Å²) in [6, 6.07) is 3.98. The predicted octanol–water partition coefficient (Wildman–Crippen LogP) is 2.35. The van der Waals surface area contributed by atoms with E-state index in [1.807, 2.05) is 0 Å². The number of ketones is 1. The van der Waals surface area contributed by atoms with E-state index in [1.165, 1.54) is 11.3 Å². The third kappa shape index (κ3) is 3.04. The first-order chi connectivity index (χ1) is 7.65. The highest BCUT2D eigenvalue weighted by Gasteiger charge is 2.22. The van der Waals surface area contributed by atoms with Crippen LogP contribution in [0.3, 0.4) is 0 Å². The zero-order valence-corrected chi connectivity index (χ0v) is 10.6. The number of nitrogens with one attached hydrogen (secondary N) is 1. The van der Waals surface area contributed by atoms with Gasteiger partial charge in [-0.2, -0.15) is 0 Å². The number of rotatable bonds is 3. The Hall–Kier alpha value is -0.420. The maximum atomic E-state index is 11.9. The van der Waals surface area contributed by atoms with Crippen LogP contribution < -0.4 is 5.32 Å². The van der Waals surface area contributed by atoms with Crippen molar-refractivity contribution in [3.63, 3.8) is 0 Å². The van der Waals surface area contributed by atoms with Crippen LogP contribution in [-0.2, 0) is 4.74 Å². The van der Waals surface area contributed by atoms with Gasteiger partial charge in [-0.25, -0.2) is 0 Å². The average Bonchev–Trinajstić information content (AvgIpc) is 2.65. The molecule has 0 amide bonds. The second kappa shape index (κ2) is 5.27. The molecular formula is C11H14ClNO2S. The average molecular weight is 260 g/mol. The molecule has 1 aromatic rings. The number of carbonyl (C=O) groups is 1. The highest BCUT2D eigenvalue weighted by atomic mass is 35.5. The van der Waals surface area contributed by atoms with Crippen molar-refractivity contribution in [3.05, 3.63) is 21.3 Å². The van der Waals surface area contributed by atoms with Gasteiger partial charge in [0, 0.05) is 18.5 Å². The van der Waals surface area contributed by atoms with Crippen molar-refractivity contribution >= 4 is 28.7 Å². The van der Waals surface area contributed by atoms with E-state index in [-0.39, 0.29) is 11.8 Å². The van der Waals surface area contributed by atoms with Crippen LogP contribution in [0.4, 0.5) is 0 Å². The SMILES string of the molecule is CC1COCC(CC(=O)c2ccc(Cl)s2)N1. The molecule has 1 fully saturated rings. The van der Waals surface area contributed by atoms with Crippen LogP contribution in [0.2, 0.25) is 4.34 Å². The van der Waals surface area contributed by atoms with E-state index < -0.39 is 0 Å². The van der Waals surface area contributed by atoms with Crippen molar-refractivity contribution in [1.29, 1.82) is 0 Å². The Bertz CT molecular complexity index is 380. The molecule has 2 atom stereocenters. The lowest BCUT2D eigenvalue weighted by atomic mass is 10.1. The van der Waals surface area contributed by atoms with Crippen molar-refractivity contribution in [2.45, 2.75) is 25.4 Å². The molecule has 2 rings (SSSR count). The minimum absolute atomic E-state index is 0.122. The number of halogens is 1. The molecule has 16 heavy (non-hydrogen) atoms. The molecule has 1 saturated heterocycles. The van der Waals surface area contributed by atoms with E-state index in [0.717, 1.165) is 11.5 Å². The summed E-state index contributed by atoms with van der Waals surface area (Å²) in [5.41, 5.74) is 0. The van der Waals surface area contributed by atoms with Crippen molar-refractivity contribution in [1.82, 2.24) is 5.32 Å². The summed E-state index contributed by atoms with van der Waals surface area (Å²) < 4.78 is 6.06. The molecule has 3 nitrogen and oxygen atoms in total. The number of morpholine rings is 1. The first-order valence-electron chi connectivity index (χ1n) is 5.27. The molecule has 0 saturated carbocycles. The van der Waals surface area contributed by atoms with E-state index in [1.54, 1.807) is 12.1 Å². The number of hydrogen-bond donors (Lipinski definition) is 1. The van der Waals surface area contributed by atoms with Crippen LogP contribution >= 0.6 is 22.9 Å². The Morgan fingerprint density at radius 1 is 1.62 bits per heavy atom. The summed E-state index contributed by atoms with van der Waals surface area (Å²) in [6.45, 7) is 3.38. The molecule has 1 aliphatic heterocycles. The van der Waals surface area contributed by atoms with Crippen LogP contribution in [0.1, 0.15) is 23.0 Å². The third-order valence-electron chi connectivity index (χ3n) is 2.49. The van der Waals surface area contributed by atoms with Gasteiger partial charge in [0.05, 0.1) is 22.4 Å². The lowest BCUT2D eigenvalue weighted by molar-refractivity contribution is 0.0464. The fourth-order valence-corrected chi connectivity index (χ4v) is 2.78. The maximum Gasteiger partial charge on any atom is 0.174 e. The molecule has 1 aromatic heterocycles. The number of hydrogen-bond acceptors (Lipinski definition) is 4. The molecule has 0 aliphatic carbocycles. The Labute approximate surface area is 104 Å². The van der Waals surface area contributed by atoms with Crippen LogP contribution in [0.15, 0.2) is 12.1 Å². The quantitative estimate of drug-likeness (QED) is 0.847. The van der Waals surface area contributed by atoms with Crippen molar-refractivity contribution in [2.24, 2.45) is 0 Å². The van der Waals surface area contributed by atoms with Gasteiger partial charge in [0.1, 0.15) is 0 Å². The van der Waals surface area contributed by atoms with Crippen molar-refractivity contribution in [2.75, 3.05) is 13.2 Å². The van der Waals surface area contributed by atoms with Gasteiger partial charge in [-0.15, -0.1) is 11.3 Å². The molecule has 1 aliphatic rings. The molecular weight excluding hydrogens is 246 g/mol. The molecule has 0 bridgehead atoms. The summed E-state index contributed by atoms with van der Waals surface area (Å²) >= 11 is 7.13. The van der Waals surface area contributed by atoms with Crippen LogP contribution in [0.25, 0.3) is 0 Å². The summed E-state index contributed by atoms with van der Waals surface area (Å²) in [7, 11) is 0. The van der Waals surface area contributed by atoms with E-state index in [9.17, 15) is 4.79 Å². The molecule has 0 radical (unpaired) electrons. The van der Waals surface area contributed by atoms with E-state index in [4.69, 9.17) is 16.3 Å². The Kier molecular flexibility index (Phi) is 3.97. The minimum Gasteiger partial charge on any atom is -0.378 e. The lowest BCUT2D eigenvalue weighted by Crippen LogP contribution is -2.48. The Balaban J connectivity index is 1.92. The van der Waals surface area contributed by atoms with Crippen LogP contribution in [-0.4, -0.2) is 31.1 Å². The molecule has 88 valence electrons. The van der Waals surface area contributed by atoms with Gasteiger partial charge in [-0.1, -0.05) is 11.6 Å². The van der Waals surface area contributed by atoms with E-state index in [0.29, 0.717) is 23.4 Å². The van der Waals surface area contributed by atoms with Crippen molar-refractivity contribution in [3.8, 4) is 0 Å². The zero-order valence-electron chi connectivity index (χ0n) is 9.03. The normalized spacial score (nSPS) is 25.6. The first-order valence-corrected chi connectivity index (χ1v) is 6.47. The van der Waals surface area contributed by atoms with E-state index in [2.05, 4.69) is 12.2 Å². The monoisotopic (exact) mass is 259 g/mol. The van der Waals surface area contributed by atoms with Gasteiger partial charge in [0.2, 0.25) is 0 Å². The molecule has 5 heteroatoms. The smallest absolute Gasteiger partial charge is 0.174 e. The number of thiophene rings is 1. The molecule has 0 aromatic carbocycles. The largest absolute Gasteiger partial charge is 0.378 e. The van der Waals surface area contributed by atoms with Crippen molar-refractivity contribution < 1.29 is 9.53 Å². The Morgan fingerprint density at radius 2 is 2.44 bits per heavy atom. The first kappa shape index (κ1) is 12.0. The lowest BCUT2D eigenvalue weighted by Gasteiger charge is -2.28. The van der Waals surface area contributed by atoms with Gasteiger partial charge in [-0.05, 0) is 19.1 Å². The standard InChI is InChI=1S/C11H14ClNO2S/c1-7-5-15-6-8(13-7)4-9(14)10-2-3-11(12)16-10/h2-3,7-8,13H,4-6H2,1H3. The summed E-state index contributed by atoms with van der Waals surface area (Å²) in [6.07, 6.45) is 0.473. The van der Waals surface area contributed by atoms with E-state index >= 15 is 0 Å². The van der Waals surface area contributed by atoms with Crippen LogP contribution in [0, 0.1) is 0 Å².